The Kier molecular flexibility index (Phi) is 2.53. The van der Waals surface area contributed by atoms with E-state index in [4.69, 9.17) is 0 Å². The highest BCUT2D eigenvalue weighted by atomic mass is 127. The maximum absolute atomic E-state index is 11.0. The lowest BCUT2D eigenvalue weighted by Gasteiger charge is -2.07. The molecule has 1 aromatic rings. The minimum Gasteiger partial charge on any atom is -0.355 e. The standard InChI is InChI=1S/C10H10INO/c11-9-3-1-2-7(4-9)8-5-10(13)12-6-8/h1-4,8H,5-6H2,(H,12,13). The van der Waals surface area contributed by atoms with Crippen LogP contribution in [-0.2, 0) is 4.79 Å². The molecule has 13 heavy (non-hydrogen) atoms. The molecule has 0 aromatic heterocycles. The first-order chi connectivity index (χ1) is 6.25. The van der Waals surface area contributed by atoms with Crippen molar-refractivity contribution < 1.29 is 4.79 Å². The first-order valence-electron chi connectivity index (χ1n) is 4.28. The molecule has 0 saturated carbocycles. The summed E-state index contributed by atoms with van der Waals surface area (Å²) >= 11 is 2.29. The van der Waals surface area contributed by atoms with E-state index in [-0.39, 0.29) is 5.91 Å². The second-order valence-corrected chi connectivity index (χ2v) is 4.51. The summed E-state index contributed by atoms with van der Waals surface area (Å²) in [6.07, 6.45) is 0.639. The predicted octanol–water partition coefficient (Wildman–Crippen LogP) is 1.89. The third kappa shape index (κ3) is 2.02. The van der Waals surface area contributed by atoms with Gasteiger partial charge in [-0.05, 0) is 40.3 Å². The summed E-state index contributed by atoms with van der Waals surface area (Å²) in [5.74, 6) is 0.547. The van der Waals surface area contributed by atoms with Crippen LogP contribution in [0, 0.1) is 3.57 Å². The number of benzene rings is 1. The summed E-state index contributed by atoms with van der Waals surface area (Å²) < 4.78 is 1.23. The molecular formula is C10H10INO. The molecule has 0 bridgehead atoms. The Morgan fingerprint density at radius 1 is 1.46 bits per heavy atom. The van der Waals surface area contributed by atoms with Gasteiger partial charge in [-0.1, -0.05) is 12.1 Å². The number of nitrogens with one attached hydrogen (secondary N) is 1. The zero-order chi connectivity index (χ0) is 9.26. The molecule has 0 aliphatic carbocycles. The van der Waals surface area contributed by atoms with Crippen LogP contribution < -0.4 is 5.32 Å². The third-order valence-corrected chi connectivity index (χ3v) is 2.97. The van der Waals surface area contributed by atoms with Crippen molar-refractivity contribution in [2.75, 3.05) is 6.54 Å². The first-order valence-corrected chi connectivity index (χ1v) is 5.36. The molecule has 68 valence electrons. The van der Waals surface area contributed by atoms with Gasteiger partial charge < -0.3 is 5.32 Å². The molecule has 1 aliphatic heterocycles. The summed E-state index contributed by atoms with van der Waals surface area (Å²) in [5.41, 5.74) is 1.27. The lowest BCUT2D eigenvalue weighted by Crippen LogP contribution is -2.13. The topological polar surface area (TPSA) is 29.1 Å². The Bertz CT molecular complexity index is 337. The maximum atomic E-state index is 11.0. The molecule has 2 rings (SSSR count). The smallest absolute Gasteiger partial charge is 0.220 e. The maximum Gasteiger partial charge on any atom is 0.220 e. The molecule has 0 radical (unpaired) electrons. The summed E-state index contributed by atoms with van der Waals surface area (Å²) in [7, 11) is 0. The highest BCUT2D eigenvalue weighted by Gasteiger charge is 2.22. The molecule has 1 atom stereocenters. The molecule has 1 amide bonds. The summed E-state index contributed by atoms with van der Waals surface area (Å²) in [6, 6.07) is 8.34. The molecule has 1 unspecified atom stereocenters. The van der Waals surface area contributed by atoms with E-state index in [1.165, 1.54) is 9.13 Å². The van der Waals surface area contributed by atoms with E-state index >= 15 is 0 Å². The van der Waals surface area contributed by atoms with Gasteiger partial charge in [-0.2, -0.15) is 0 Å². The molecule has 1 saturated heterocycles. The average Bonchev–Trinajstić information content (AvgIpc) is 2.52. The molecule has 3 heteroatoms. The number of hydrogen-bond acceptors (Lipinski definition) is 1. The van der Waals surface area contributed by atoms with Crippen LogP contribution in [0.2, 0.25) is 0 Å². The molecule has 0 spiro atoms. The van der Waals surface area contributed by atoms with Crippen LogP contribution in [0.1, 0.15) is 17.9 Å². The predicted molar refractivity (Wildman–Crippen MR) is 59.5 cm³/mol. The minimum absolute atomic E-state index is 0.170. The van der Waals surface area contributed by atoms with Crippen molar-refractivity contribution >= 4 is 28.5 Å². The van der Waals surface area contributed by atoms with Gasteiger partial charge in [-0.3, -0.25) is 4.79 Å². The first kappa shape index (κ1) is 8.99. The van der Waals surface area contributed by atoms with Crippen LogP contribution in [0.4, 0.5) is 0 Å². The number of halogens is 1. The van der Waals surface area contributed by atoms with Gasteiger partial charge in [0.25, 0.3) is 0 Å². The van der Waals surface area contributed by atoms with E-state index in [9.17, 15) is 4.79 Å². The second-order valence-electron chi connectivity index (χ2n) is 3.26. The Balaban J connectivity index is 2.21. The van der Waals surface area contributed by atoms with Gasteiger partial charge >= 0.3 is 0 Å². The number of carbonyl (C=O) groups excluding carboxylic acids is 1. The lowest BCUT2D eigenvalue weighted by atomic mass is 9.99. The number of rotatable bonds is 1. The monoisotopic (exact) mass is 287 g/mol. The van der Waals surface area contributed by atoms with Crippen LogP contribution in [0.5, 0.6) is 0 Å². The van der Waals surface area contributed by atoms with Crippen molar-refractivity contribution in [1.29, 1.82) is 0 Å². The second kappa shape index (κ2) is 3.65. The Morgan fingerprint density at radius 2 is 2.31 bits per heavy atom. The zero-order valence-corrected chi connectivity index (χ0v) is 9.24. The Hall–Kier alpha value is -0.580. The highest BCUT2D eigenvalue weighted by Crippen LogP contribution is 2.23. The summed E-state index contributed by atoms with van der Waals surface area (Å²) in [6.45, 7) is 0.791. The van der Waals surface area contributed by atoms with Crippen LogP contribution in [0.15, 0.2) is 24.3 Å². The largest absolute Gasteiger partial charge is 0.355 e. The average molecular weight is 287 g/mol. The van der Waals surface area contributed by atoms with Crippen molar-refractivity contribution in [2.45, 2.75) is 12.3 Å². The van der Waals surface area contributed by atoms with Gasteiger partial charge in [0.1, 0.15) is 0 Å². The van der Waals surface area contributed by atoms with Gasteiger partial charge in [-0.15, -0.1) is 0 Å². The van der Waals surface area contributed by atoms with E-state index in [0.29, 0.717) is 12.3 Å². The fourth-order valence-electron chi connectivity index (χ4n) is 1.60. The highest BCUT2D eigenvalue weighted by molar-refractivity contribution is 14.1. The SMILES string of the molecule is O=C1CC(c2cccc(I)c2)CN1. The van der Waals surface area contributed by atoms with Crippen LogP contribution in [0.25, 0.3) is 0 Å². The van der Waals surface area contributed by atoms with E-state index in [2.05, 4.69) is 46.1 Å². The van der Waals surface area contributed by atoms with Gasteiger partial charge in [0.05, 0.1) is 0 Å². The molecule has 1 heterocycles. The molecule has 1 fully saturated rings. The molecule has 1 aromatic carbocycles. The third-order valence-electron chi connectivity index (χ3n) is 2.30. The van der Waals surface area contributed by atoms with Crippen molar-refractivity contribution in [3.8, 4) is 0 Å². The number of hydrogen-bond donors (Lipinski definition) is 1. The fraction of sp³-hybridized carbons (Fsp3) is 0.300. The normalized spacial score (nSPS) is 21.6. The lowest BCUT2D eigenvalue weighted by molar-refractivity contribution is -0.119. The van der Waals surface area contributed by atoms with Gasteiger partial charge in [0.2, 0.25) is 5.91 Å². The van der Waals surface area contributed by atoms with Crippen molar-refractivity contribution in [1.82, 2.24) is 5.32 Å². The van der Waals surface area contributed by atoms with Gasteiger partial charge in [0, 0.05) is 22.5 Å². The molecule has 2 nitrogen and oxygen atoms in total. The quantitative estimate of drug-likeness (QED) is 0.785. The minimum atomic E-state index is 0.170. The summed E-state index contributed by atoms with van der Waals surface area (Å²) in [4.78, 5) is 11.0. The molecule has 1 aliphatic rings. The van der Waals surface area contributed by atoms with E-state index < -0.39 is 0 Å². The van der Waals surface area contributed by atoms with E-state index in [0.717, 1.165) is 6.54 Å². The van der Waals surface area contributed by atoms with E-state index in [1.54, 1.807) is 0 Å². The number of amides is 1. The molecular weight excluding hydrogens is 277 g/mol. The zero-order valence-electron chi connectivity index (χ0n) is 7.09. The van der Waals surface area contributed by atoms with Crippen molar-refractivity contribution in [3.05, 3.63) is 33.4 Å². The van der Waals surface area contributed by atoms with Gasteiger partial charge in [0.15, 0.2) is 0 Å². The van der Waals surface area contributed by atoms with Crippen molar-refractivity contribution in [3.63, 3.8) is 0 Å². The van der Waals surface area contributed by atoms with Crippen LogP contribution in [-0.4, -0.2) is 12.5 Å². The molecule has 1 N–H and O–H groups in total. The number of carbonyl (C=O) groups is 1. The van der Waals surface area contributed by atoms with Gasteiger partial charge in [-0.25, -0.2) is 0 Å². The van der Waals surface area contributed by atoms with Crippen LogP contribution in [0.3, 0.4) is 0 Å². The Morgan fingerprint density at radius 3 is 2.92 bits per heavy atom. The van der Waals surface area contributed by atoms with Crippen LogP contribution >= 0.6 is 22.6 Å². The summed E-state index contributed by atoms with van der Waals surface area (Å²) in [5, 5.41) is 2.85. The van der Waals surface area contributed by atoms with Crippen molar-refractivity contribution in [2.24, 2.45) is 0 Å². The fourth-order valence-corrected chi connectivity index (χ4v) is 2.17. The van der Waals surface area contributed by atoms with E-state index in [1.807, 2.05) is 6.07 Å². The Labute approximate surface area is 90.9 Å².